The van der Waals surface area contributed by atoms with Crippen LogP contribution in [0.2, 0.25) is 0 Å². The zero-order valence-corrected chi connectivity index (χ0v) is 14.1. The average Bonchev–Trinajstić information content (AvgIpc) is 3.14. The normalized spacial score (nSPS) is 24.5. The van der Waals surface area contributed by atoms with Gasteiger partial charge in [0.1, 0.15) is 6.54 Å². The van der Waals surface area contributed by atoms with Crippen molar-refractivity contribution < 1.29 is 9.21 Å². The van der Waals surface area contributed by atoms with Gasteiger partial charge < -0.3 is 9.73 Å². The number of rotatable bonds is 4. The van der Waals surface area contributed by atoms with E-state index in [0.717, 1.165) is 22.4 Å². The molecule has 0 spiro atoms. The second-order valence-electron chi connectivity index (χ2n) is 6.25. The van der Waals surface area contributed by atoms with Crippen LogP contribution in [0.1, 0.15) is 33.1 Å². The van der Waals surface area contributed by atoms with E-state index in [1.807, 2.05) is 17.5 Å². The number of carbonyl (C=O) groups excluding carboxylic acids is 1. The smallest absolute Gasteiger partial charge is 0.387 e. The predicted molar refractivity (Wildman–Crippen MR) is 88.2 cm³/mol. The molecule has 0 bridgehead atoms. The van der Waals surface area contributed by atoms with Gasteiger partial charge in [-0.1, -0.05) is 32.8 Å². The van der Waals surface area contributed by atoms with Gasteiger partial charge in [-0.2, -0.15) is 4.68 Å². The molecular formula is C16H21N3O3S. The molecule has 1 fully saturated rings. The van der Waals surface area contributed by atoms with Crippen molar-refractivity contribution in [2.45, 2.75) is 45.7 Å². The summed E-state index contributed by atoms with van der Waals surface area (Å²) in [5.41, 5.74) is 0. The summed E-state index contributed by atoms with van der Waals surface area (Å²) in [6, 6.07) is 3.86. The van der Waals surface area contributed by atoms with Crippen molar-refractivity contribution >= 4 is 17.2 Å². The number of hydrogen-bond donors (Lipinski definition) is 1. The Morgan fingerprint density at radius 2 is 2.30 bits per heavy atom. The number of nitrogens with one attached hydrogen (secondary N) is 1. The fourth-order valence-corrected chi connectivity index (χ4v) is 3.72. The van der Waals surface area contributed by atoms with Crippen molar-refractivity contribution in [2.24, 2.45) is 11.8 Å². The quantitative estimate of drug-likeness (QED) is 0.931. The Hall–Kier alpha value is -1.89. The summed E-state index contributed by atoms with van der Waals surface area (Å²) < 4.78 is 6.20. The van der Waals surface area contributed by atoms with Gasteiger partial charge >= 0.3 is 5.76 Å². The monoisotopic (exact) mass is 335 g/mol. The topological polar surface area (TPSA) is 77.1 Å². The number of amides is 1. The van der Waals surface area contributed by atoms with Crippen LogP contribution in [0.5, 0.6) is 0 Å². The zero-order chi connectivity index (χ0) is 16.4. The van der Waals surface area contributed by atoms with Crippen molar-refractivity contribution in [1.82, 2.24) is 15.1 Å². The minimum atomic E-state index is -0.603. The van der Waals surface area contributed by atoms with Crippen LogP contribution in [-0.4, -0.2) is 21.7 Å². The molecule has 1 aliphatic carbocycles. The van der Waals surface area contributed by atoms with Gasteiger partial charge in [-0.3, -0.25) is 4.79 Å². The summed E-state index contributed by atoms with van der Waals surface area (Å²) in [7, 11) is 0. The highest BCUT2D eigenvalue weighted by atomic mass is 32.1. The molecule has 0 aromatic carbocycles. The van der Waals surface area contributed by atoms with Crippen LogP contribution in [0.3, 0.4) is 0 Å². The first-order valence-electron chi connectivity index (χ1n) is 7.96. The van der Waals surface area contributed by atoms with Gasteiger partial charge in [0.15, 0.2) is 0 Å². The molecule has 124 valence electrons. The molecule has 2 heterocycles. The maximum Gasteiger partial charge on any atom is 0.437 e. The lowest BCUT2D eigenvalue weighted by Gasteiger charge is -2.34. The molecule has 2 aromatic heterocycles. The van der Waals surface area contributed by atoms with Crippen LogP contribution in [0.4, 0.5) is 0 Å². The first-order chi connectivity index (χ1) is 11.0. The maximum absolute atomic E-state index is 12.2. The summed E-state index contributed by atoms with van der Waals surface area (Å²) in [6.45, 7) is 4.29. The number of aromatic nitrogens is 2. The number of hydrogen-bond acceptors (Lipinski definition) is 5. The molecule has 7 heteroatoms. The molecule has 6 nitrogen and oxygen atoms in total. The van der Waals surface area contributed by atoms with Crippen molar-refractivity contribution in [2.75, 3.05) is 0 Å². The van der Waals surface area contributed by atoms with E-state index < -0.39 is 5.76 Å². The fourth-order valence-electron chi connectivity index (χ4n) is 3.08. The molecule has 23 heavy (non-hydrogen) atoms. The lowest BCUT2D eigenvalue weighted by Crippen LogP contribution is -2.45. The fraction of sp³-hybridized carbons (Fsp3) is 0.562. The van der Waals surface area contributed by atoms with Gasteiger partial charge in [-0.05, 0) is 29.7 Å². The molecule has 0 aliphatic heterocycles. The van der Waals surface area contributed by atoms with E-state index in [1.165, 1.54) is 17.8 Å². The predicted octanol–water partition coefficient (Wildman–Crippen LogP) is 2.51. The third kappa shape index (κ3) is 3.55. The first kappa shape index (κ1) is 16.0. The third-order valence-corrected chi connectivity index (χ3v) is 5.54. The van der Waals surface area contributed by atoms with Crippen LogP contribution in [0, 0.1) is 11.8 Å². The molecule has 1 N–H and O–H groups in total. The van der Waals surface area contributed by atoms with E-state index in [-0.39, 0.29) is 24.4 Å². The van der Waals surface area contributed by atoms with E-state index in [2.05, 4.69) is 24.3 Å². The van der Waals surface area contributed by atoms with Gasteiger partial charge in [0, 0.05) is 6.04 Å². The SMILES string of the molecule is CC1CCCC(NC(=O)Cn2nc(-c3cccs3)oc2=O)C1C. The summed E-state index contributed by atoms with van der Waals surface area (Å²) >= 11 is 1.44. The lowest BCUT2D eigenvalue weighted by atomic mass is 9.78. The standard InChI is InChI=1S/C16H21N3O3S/c1-10-5-3-6-12(11(10)2)17-14(20)9-19-16(21)22-15(18-19)13-7-4-8-23-13/h4,7-8,10-12H,3,5-6,9H2,1-2H3,(H,17,20). The average molecular weight is 335 g/mol. The highest BCUT2D eigenvalue weighted by molar-refractivity contribution is 7.13. The minimum Gasteiger partial charge on any atom is -0.387 e. The summed E-state index contributed by atoms with van der Waals surface area (Å²) in [5, 5.41) is 9.03. The Morgan fingerprint density at radius 3 is 3.04 bits per heavy atom. The largest absolute Gasteiger partial charge is 0.437 e. The van der Waals surface area contributed by atoms with E-state index >= 15 is 0 Å². The second-order valence-corrected chi connectivity index (χ2v) is 7.20. The molecular weight excluding hydrogens is 314 g/mol. The van der Waals surface area contributed by atoms with Crippen LogP contribution >= 0.6 is 11.3 Å². The van der Waals surface area contributed by atoms with Crippen molar-refractivity contribution in [3.8, 4) is 10.8 Å². The molecule has 3 rings (SSSR count). The molecule has 1 saturated carbocycles. The number of nitrogens with zero attached hydrogens (tertiary/aromatic N) is 2. The van der Waals surface area contributed by atoms with Gasteiger partial charge in [0.2, 0.25) is 5.91 Å². The van der Waals surface area contributed by atoms with Gasteiger partial charge in [-0.15, -0.1) is 16.4 Å². The van der Waals surface area contributed by atoms with Gasteiger partial charge in [0.25, 0.3) is 5.89 Å². The summed E-state index contributed by atoms with van der Waals surface area (Å²) in [5.74, 6) is 0.521. The highest BCUT2D eigenvalue weighted by Gasteiger charge is 2.28. The zero-order valence-electron chi connectivity index (χ0n) is 13.3. The summed E-state index contributed by atoms with van der Waals surface area (Å²) in [4.78, 5) is 24.8. The Morgan fingerprint density at radius 1 is 1.48 bits per heavy atom. The van der Waals surface area contributed by atoms with E-state index in [0.29, 0.717) is 11.8 Å². The molecule has 0 saturated heterocycles. The van der Waals surface area contributed by atoms with E-state index in [9.17, 15) is 9.59 Å². The Balaban J connectivity index is 1.65. The van der Waals surface area contributed by atoms with Gasteiger partial charge in [0.05, 0.1) is 4.88 Å². The summed E-state index contributed by atoms with van der Waals surface area (Å²) in [6.07, 6.45) is 3.33. The van der Waals surface area contributed by atoms with Crippen LogP contribution in [-0.2, 0) is 11.3 Å². The van der Waals surface area contributed by atoms with Crippen LogP contribution in [0.25, 0.3) is 10.8 Å². The van der Waals surface area contributed by atoms with Crippen LogP contribution in [0.15, 0.2) is 26.7 Å². The van der Waals surface area contributed by atoms with Crippen LogP contribution < -0.4 is 11.1 Å². The second kappa shape index (κ2) is 6.70. The first-order valence-corrected chi connectivity index (χ1v) is 8.83. The van der Waals surface area contributed by atoms with Crippen molar-refractivity contribution in [3.05, 3.63) is 28.1 Å². The molecule has 3 atom stereocenters. The number of carbonyl (C=O) groups is 1. The molecule has 0 radical (unpaired) electrons. The van der Waals surface area contributed by atoms with Crippen molar-refractivity contribution in [1.29, 1.82) is 0 Å². The maximum atomic E-state index is 12.2. The van der Waals surface area contributed by atoms with E-state index in [4.69, 9.17) is 4.42 Å². The van der Waals surface area contributed by atoms with Crippen molar-refractivity contribution in [3.63, 3.8) is 0 Å². The molecule has 1 aliphatic rings. The highest BCUT2D eigenvalue weighted by Crippen LogP contribution is 2.29. The Kier molecular flexibility index (Phi) is 4.66. The number of thiophene rings is 1. The molecule has 2 aromatic rings. The third-order valence-electron chi connectivity index (χ3n) is 4.68. The Labute approximate surface area is 138 Å². The molecule has 3 unspecified atom stereocenters. The van der Waals surface area contributed by atoms with Gasteiger partial charge in [-0.25, -0.2) is 4.79 Å². The lowest BCUT2D eigenvalue weighted by molar-refractivity contribution is -0.123. The minimum absolute atomic E-state index is 0.106. The Bertz CT molecular complexity index is 719. The van der Waals surface area contributed by atoms with E-state index in [1.54, 1.807) is 0 Å². The molecule has 1 amide bonds.